The predicted octanol–water partition coefficient (Wildman–Crippen LogP) is 3.76. The fourth-order valence-electron chi connectivity index (χ4n) is 2.50. The number of fused-ring (bicyclic) bond motifs is 1. The third-order valence-electron chi connectivity index (χ3n) is 3.60. The normalized spacial score (nSPS) is 11.7. The van der Waals surface area contributed by atoms with Crippen LogP contribution in [0.5, 0.6) is 0 Å². The lowest BCUT2D eigenvalue weighted by atomic mass is 10.2. The summed E-state index contributed by atoms with van der Waals surface area (Å²) in [6.45, 7) is 9.47. The first kappa shape index (κ1) is 16.0. The van der Waals surface area contributed by atoms with E-state index in [1.165, 1.54) is 12.1 Å². The molecule has 0 spiro atoms. The number of hydrogen-bond acceptors (Lipinski definition) is 2. The summed E-state index contributed by atoms with van der Waals surface area (Å²) in [6.07, 6.45) is 3.15. The van der Waals surface area contributed by atoms with Gasteiger partial charge in [-0.15, -0.1) is 0 Å². The van der Waals surface area contributed by atoms with Gasteiger partial charge in [0.05, 0.1) is 11.0 Å². The van der Waals surface area contributed by atoms with Crippen LogP contribution in [0, 0.1) is 11.7 Å². The molecule has 21 heavy (non-hydrogen) atoms. The molecule has 0 amide bonds. The largest absolute Gasteiger partial charge is 0.328 e. The molecule has 2 aromatic rings. The minimum atomic E-state index is -0.216. The van der Waals surface area contributed by atoms with Crippen molar-refractivity contribution in [2.75, 3.05) is 13.1 Å². The van der Waals surface area contributed by atoms with Gasteiger partial charge >= 0.3 is 0 Å². The number of nitrogens with one attached hydrogen (secondary N) is 1. The van der Waals surface area contributed by atoms with Crippen LogP contribution in [0.15, 0.2) is 18.2 Å². The number of hydrogen-bond donors (Lipinski definition) is 1. The minimum absolute atomic E-state index is 0.216. The van der Waals surface area contributed by atoms with Gasteiger partial charge in [0.1, 0.15) is 11.6 Å². The van der Waals surface area contributed by atoms with E-state index in [-0.39, 0.29) is 5.82 Å². The minimum Gasteiger partial charge on any atom is -0.328 e. The maximum atomic E-state index is 13.4. The Labute approximate surface area is 126 Å². The molecule has 0 fully saturated rings. The van der Waals surface area contributed by atoms with E-state index in [2.05, 4.69) is 35.6 Å². The first-order valence-corrected chi connectivity index (χ1v) is 7.97. The van der Waals surface area contributed by atoms with E-state index in [9.17, 15) is 4.39 Å². The summed E-state index contributed by atoms with van der Waals surface area (Å²) in [7, 11) is 0. The summed E-state index contributed by atoms with van der Waals surface area (Å²) in [5, 5.41) is 3.44. The van der Waals surface area contributed by atoms with E-state index in [0.29, 0.717) is 5.92 Å². The van der Waals surface area contributed by atoms with E-state index >= 15 is 0 Å². The fraction of sp³-hybridized carbons (Fsp3) is 0.588. The molecule has 4 heteroatoms. The number of aromatic nitrogens is 2. The molecule has 1 N–H and O–H groups in total. The van der Waals surface area contributed by atoms with Crippen molar-refractivity contribution in [2.24, 2.45) is 5.92 Å². The Balaban J connectivity index is 2.15. The number of aryl methyl sites for hydroxylation is 1. The molecule has 0 aliphatic carbocycles. The van der Waals surface area contributed by atoms with Gasteiger partial charge in [-0.25, -0.2) is 9.37 Å². The molecule has 116 valence electrons. The quantitative estimate of drug-likeness (QED) is 0.750. The van der Waals surface area contributed by atoms with Crippen molar-refractivity contribution >= 4 is 11.0 Å². The first-order chi connectivity index (χ1) is 10.1. The smallest absolute Gasteiger partial charge is 0.125 e. The lowest BCUT2D eigenvalue weighted by Crippen LogP contribution is -2.23. The second kappa shape index (κ2) is 7.55. The third kappa shape index (κ3) is 4.27. The molecule has 0 saturated heterocycles. The van der Waals surface area contributed by atoms with Crippen LogP contribution in [-0.2, 0) is 13.0 Å². The van der Waals surface area contributed by atoms with Crippen molar-refractivity contribution in [3.63, 3.8) is 0 Å². The molecule has 1 aromatic carbocycles. The van der Waals surface area contributed by atoms with E-state index in [1.807, 2.05) is 6.07 Å². The molecule has 2 rings (SSSR count). The molecule has 1 heterocycles. The van der Waals surface area contributed by atoms with Gasteiger partial charge in [0.25, 0.3) is 0 Å². The number of rotatable bonds is 8. The second-order valence-electron chi connectivity index (χ2n) is 6.01. The van der Waals surface area contributed by atoms with Crippen molar-refractivity contribution in [1.82, 2.24) is 14.9 Å². The summed E-state index contributed by atoms with van der Waals surface area (Å²) in [5.74, 6) is 1.49. The zero-order valence-electron chi connectivity index (χ0n) is 13.3. The molecule has 0 unspecified atom stereocenters. The van der Waals surface area contributed by atoms with Crippen LogP contribution >= 0.6 is 0 Å². The van der Waals surface area contributed by atoms with E-state index < -0.39 is 0 Å². The predicted molar refractivity (Wildman–Crippen MR) is 86.0 cm³/mol. The summed E-state index contributed by atoms with van der Waals surface area (Å²) in [6, 6.07) is 4.90. The Morgan fingerprint density at radius 3 is 2.86 bits per heavy atom. The molecule has 0 aliphatic heterocycles. The monoisotopic (exact) mass is 291 g/mol. The van der Waals surface area contributed by atoms with Crippen LogP contribution < -0.4 is 5.32 Å². The number of unbranched alkanes of at least 4 members (excludes halogenated alkanes) is 1. The van der Waals surface area contributed by atoms with Crippen molar-refractivity contribution < 1.29 is 4.39 Å². The third-order valence-corrected chi connectivity index (χ3v) is 3.60. The number of nitrogens with zero attached hydrogens (tertiary/aromatic N) is 2. The van der Waals surface area contributed by atoms with Crippen LogP contribution in [0.4, 0.5) is 4.39 Å². The van der Waals surface area contributed by atoms with Gasteiger partial charge in [0, 0.05) is 25.6 Å². The van der Waals surface area contributed by atoms with E-state index in [1.54, 1.807) is 0 Å². The molecule has 0 atom stereocenters. The standard InChI is InChI=1S/C17H26FN3/c1-4-5-10-21-16-7-6-14(18)11-15(16)20-17(21)8-9-19-12-13(2)3/h6-7,11,13,19H,4-5,8-10,12H2,1-3H3. The molecule has 0 aliphatic rings. The molecule has 0 saturated carbocycles. The molecule has 1 aromatic heterocycles. The maximum Gasteiger partial charge on any atom is 0.125 e. The molecule has 0 radical (unpaired) electrons. The molecular weight excluding hydrogens is 265 g/mol. The van der Waals surface area contributed by atoms with Crippen LogP contribution in [0.1, 0.15) is 39.4 Å². The van der Waals surface area contributed by atoms with Crippen molar-refractivity contribution in [3.05, 3.63) is 29.8 Å². The Morgan fingerprint density at radius 2 is 2.14 bits per heavy atom. The van der Waals surface area contributed by atoms with Gasteiger partial charge in [0.2, 0.25) is 0 Å². The van der Waals surface area contributed by atoms with E-state index in [4.69, 9.17) is 0 Å². The van der Waals surface area contributed by atoms with Gasteiger partial charge in [-0.3, -0.25) is 0 Å². The highest BCUT2D eigenvalue weighted by atomic mass is 19.1. The maximum absolute atomic E-state index is 13.4. The van der Waals surface area contributed by atoms with Gasteiger partial charge in [-0.05, 0) is 31.0 Å². The molecule has 3 nitrogen and oxygen atoms in total. The Bertz CT molecular complexity index is 575. The van der Waals surface area contributed by atoms with Crippen molar-refractivity contribution in [3.8, 4) is 0 Å². The lowest BCUT2D eigenvalue weighted by Gasteiger charge is -2.10. The zero-order valence-corrected chi connectivity index (χ0v) is 13.3. The van der Waals surface area contributed by atoms with Crippen molar-refractivity contribution in [2.45, 2.75) is 46.6 Å². The lowest BCUT2D eigenvalue weighted by molar-refractivity contribution is 0.540. The number of halogens is 1. The first-order valence-electron chi connectivity index (χ1n) is 7.97. The highest BCUT2D eigenvalue weighted by molar-refractivity contribution is 5.76. The average molecular weight is 291 g/mol. The average Bonchev–Trinajstić information content (AvgIpc) is 2.77. The summed E-state index contributed by atoms with van der Waals surface area (Å²) < 4.78 is 15.6. The SMILES string of the molecule is CCCCn1c(CCNCC(C)C)nc2cc(F)ccc21. The van der Waals surface area contributed by atoms with Crippen LogP contribution in [0.25, 0.3) is 11.0 Å². The fourth-order valence-corrected chi connectivity index (χ4v) is 2.50. The second-order valence-corrected chi connectivity index (χ2v) is 6.01. The van der Waals surface area contributed by atoms with Gasteiger partial charge < -0.3 is 9.88 Å². The topological polar surface area (TPSA) is 29.9 Å². The summed E-state index contributed by atoms with van der Waals surface area (Å²) >= 11 is 0. The Kier molecular flexibility index (Phi) is 5.74. The van der Waals surface area contributed by atoms with Gasteiger partial charge in [0.15, 0.2) is 0 Å². The summed E-state index contributed by atoms with van der Waals surface area (Å²) in [5.41, 5.74) is 1.81. The highest BCUT2D eigenvalue weighted by Gasteiger charge is 2.11. The highest BCUT2D eigenvalue weighted by Crippen LogP contribution is 2.18. The van der Waals surface area contributed by atoms with Crippen LogP contribution in [0.3, 0.4) is 0 Å². The molecule has 0 bridgehead atoms. The zero-order chi connectivity index (χ0) is 15.2. The van der Waals surface area contributed by atoms with Gasteiger partial charge in [-0.2, -0.15) is 0 Å². The van der Waals surface area contributed by atoms with Crippen LogP contribution in [0.2, 0.25) is 0 Å². The number of benzene rings is 1. The number of imidazole rings is 1. The van der Waals surface area contributed by atoms with Crippen LogP contribution in [-0.4, -0.2) is 22.6 Å². The summed E-state index contributed by atoms with van der Waals surface area (Å²) in [4.78, 5) is 4.63. The molecular formula is C17H26FN3. The Hall–Kier alpha value is -1.42. The Morgan fingerprint density at radius 1 is 1.33 bits per heavy atom. The van der Waals surface area contributed by atoms with E-state index in [0.717, 1.165) is 55.8 Å². The van der Waals surface area contributed by atoms with Crippen molar-refractivity contribution in [1.29, 1.82) is 0 Å². The van der Waals surface area contributed by atoms with Gasteiger partial charge in [-0.1, -0.05) is 27.2 Å².